The van der Waals surface area contributed by atoms with E-state index in [4.69, 9.17) is 22.7 Å². The average Bonchev–Trinajstić information content (AvgIpc) is 2.88. The maximum Gasteiger partial charge on any atom is 0.163 e. The lowest BCUT2D eigenvalue weighted by atomic mass is 9.94. The Morgan fingerprint density at radius 3 is 2.95 bits per heavy atom. The zero-order valence-corrected chi connectivity index (χ0v) is 12.3. The molecule has 0 spiro atoms. The van der Waals surface area contributed by atoms with Crippen molar-refractivity contribution >= 4 is 28.1 Å². The van der Waals surface area contributed by atoms with Crippen LogP contribution in [0.25, 0.3) is 10.8 Å². The second-order valence-electron chi connectivity index (χ2n) is 5.21. The highest BCUT2D eigenvalue weighted by Gasteiger charge is 2.24. The normalized spacial score (nSPS) is 16.9. The lowest BCUT2D eigenvalue weighted by Gasteiger charge is -2.15. The van der Waals surface area contributed by atoms with Crippen molar-refractivity contribution in [2.75, 3.05) is 13.7 Å². The van der Waals surface area contributed by atoms with E-state index in [9.17, 15) is 0 Å². The molecular weight excluding hydrogens is 268 g/mol. The third-order valence-corrected chi connectivity index (χ3v) is 4.20. The molecule has 0 saturated heterocycles. The van der Waals surface area contributed by atoms with Crippen LogP contribution >= 0.6 is 12.2 Å². The molecule has 20 heavy (non-hydrogen) atoms. The van der Waals surface area contributed by atoms with Crippen LogP contribution in [0.5, 0.6) is 5.75 Å². The van der Waals surface area contributed by atoms with Crippen LogP contribution < -0.4 is 15.8 Å². The van der Waals surface area contributed by atoms with Crippen molar-refractivity contribution in [1.82, 2.24) is 5.32 Å². The van der Waals surface area contributed by atoms with Crippen LogP contribution in [0.2, 0.25) is 0 Å². The number of ether oxygens (including phenoxy) is 1. The molecule has 1 unspecified atom stereocenters. The Labute approximate surface area is 124 Å². The van der Waals surface area contributed by atoms with Crippen molar-refractivity contribution in [1.29, 1.82) is 0 Å². The number of rotatable bonds is 3. The predicted molar refractivity (Wildman–Crippen MR) is 86.4 cm³/mol. The van der Waals surface area contributed by atoms with E-state index in [0.29, 0.717) is 11.0 Å². The van der Waals surface area contributed by atoms with Gasteiger partial charge in [0.05, 0.1) is 7.11 Å². The van der Waals surface area contributed by atoms with E-state index in [1.807, 2.05) is 6.07 Å². The number of hydrogen-bond donors (Lipinski definition) is 2. The Morgan fingerprint density at radius 2 is 2.20 bits per heavy atom. The predicted octanol–water partition coefficient (Wildman–Crippen LogP) is 2.71. The molecule has 2 aromatic rings. The van der Waals surface area contributed by atoms with Crippen molar-refractivity contribution in [3.8, 4) is 5.75 Å². The molecule has 0 radical (unpaired) electrons. The largest absolute Gasteiger partial charge is 0.497 e. The SMILES string of the molecule is COc1ccc2ccc3c(c2c1)C(CNC(N)=S)CC3. The van der Waals surface area contributed by atoms with Crippen LogP contribution in [0.1, 0.15) is 23.5 Å². The summed E-state index contributed by atoms with van der Waals surface area (Å²) in [6.07, 6.45) is 2.26. The first-order chi connectivity index (χ1) is 9.69. The number of nitrogens with two attached hydrogens (primary N) is 1. The highest BCUT2D eigenvalue weighted by Crippen LogP contribution is 2.39. The first kappa shape index (κ1) is 13.2. The molecule has 3 N–H and O–H groups in total. The molecular formula is C16H18N2OS. The highest BCUT2D eigenvalue weighted by molar-refractivity contribution is 7.80. The molecule has 2 aromatic carbocycles. The zero-order chi connectivity index (χ0) is 14.1. The fraction of sp³-hybridized carbons (Fsp3) is 0.312. The Morgan fingerprint density at radius 1 is 1.40 bits per heavy atom. The smallest absolute Gasteiger partial charge is 0.163 e. The lowest BCUT2D eigenvalue weighted by Crippen LogP contribution is -2.32. The molecule has 0 heterocycles. The van der Waals surface area contributed by atoms with Crippen LogP contribution in [0.15, 0.2) is 30.3 Å². The fourth-order valence-corrected chi connectivity index (χ4v) is 3.18. The van der Waals surface area contributed by atoms with E-state index in [0.717, 1.165) is 25.1 Å². The van der Waals surface area contributed by atoms with Gasteiger partial charge in [-0.25, -0.2) is 0 Å². The second-order valence-corrected chi connectivity index (χ2v) is 5.65. The molecule has 1 aliphatic rings. The maximum atomic E-state index is 5.55. The van der Waals surface area contributed by atoms with E-state index in [1.165, 1.54) is 21.9 Å². The summed E-state index contributed by atoms with van der Waals surface area (Å²) in [4.78, 5) is 0. The Bertz CT molecular complexity index is 669. The molecule has 4 heteroatoms. The maximum absolute atomic E-state index is 5.55. The van der Waals surface area contributed by atoms with Gasteiger partial charge in [-0.3, -0.25) is 0 Å². The minimum Gasteiger partial charge on any atom is -0.497 e. The summed E-state index contributed by atoms with van der Waals surface area (Å²) < 4.78 is 5.36. The van der Waals surface area contributed by atoms with Gasteiger partial charge in [-0.1, -0.05) is 18.2 Å². The molecule has 0 aliphatic heterocycles. The summed E-state index contributed by atoms with van der Waals surface area (Å²) in [7, 11) is 1.70. The quantitative estimate of drug-likeness (QED) is 0.852. The minimum absolute atomic E-state index is 0.372. The van der Waals surface area contributed by atoms with E-state index in [1.54, 1.807) is 7.11 Å². The van der Waals surface area contributed by atoms with E-state index in [-0.39, 0.29) is 0 Å². The number of methoxy groups -OCH3 is 1. The molecule has 3 rings (SSSR count). The lowest BCUT2D eigenvalue weighted by molar-refractivity contribution is 0.415. The average molecular weight is 286 g/mol. The number of hydrogen-bond acceptors (Lipinski definition) is 2. The molecule has 3 nitrogen and oxygen atoms in total. The number of thiocarbonyl (C=S) groups is 1. The van der Waals surface area contributed by atoms with Crippen molar-refractivity contribution in [2.24, 2.45) is 5.73 Å². The highest BCUT2D eigenvalue weighted by atomic mass is 32.1. The first-order valence-electron chi connectivity index (χ1n) is 6.82. The fourth-order valence-electron chi connectivity index (χ4n) is 3.10. The minimum atomic E-state index is 0.372. The van der Waals surface area contributed by atoms with E-state index in [2.05, 4.69) is 29.6 Å². The van der Waals surface area contributed by atoms with Gasteiger partial charge in [0.2, 0.25) is 0 Å². The van der Waals surface area contributed by atoms with Gasteiger partial charge in [-0.2, -0.15) is 0 Å². The van der Waals surface area contributed by atoms with Crippen LogP contribution in [-0.2, 0) is 6.42 Å². The number of fused-ring (bicyclic) bond motifs is 3. The Hall–Kier alpha value is -1.81. The van der Waals surface area contributed by atoms with Crippen molar-refractivity contribution in [3.63, 3.8) is 0 Å². The van der Waals surface area contributed by atoms with Gasteiger partial charge >= 0.3 is 0 Å². The summed E-state index contributed by atoms with van der Waals surface area (Å²) in [6.45, 7) is 0.804. The molecule has 1 atom stereocenters. The van der Waals surface area contributed by atoms with Gasteiger partial charge in [-0.15, -0.1) is 0 Å². The van der Waals surface area contributed by atoms with Crippen molar-refractivity contribution in [3.05, 3.63) is 41.5 Å². The van der Waals surface area contributed by atoms with Gasteiger partial charge in [0.1, 0.15) is 5.75 Å². The molecule has 0 amide bonds. The Kier molecular flexibility index (Phi) is 3.49. The molecule has 0 fully saturated rings. The van der Waals surface area contributed by atoms with Gasteiger partial charge in [0.25, 0.3) is 0 Å². The van der Waals surface area contributed by atoms with Gasteiger partial charge < -0.3 is 15.8 Å². The third kappa shape index (κ3) is 2.31. The van der Waals surface area contributed by atoms with Crippen molar-refractivity contribution < 1.29 is 4.74 Å². The molecule has 104 valence electrons. The summed E-state index contributed by atoms with van der Waals surface area (Å²) in [5, 5.41) is 6.01. The summed E-state index contributed by atoms with van der Waals surface area (Å²) in [5.41, 5.74) is 8.40. The van der Waals surface area contributed by atoms with Crippen molar-refractivity contribution in [2.45, 2.75) is 18.8 Å². The molecule has 0 bridgehead atoms. The standard InChI is InChI=1S/C16H18N2OS/c1-19-13-7-6-10-2-3-11-4-5-12(9-18-16(17)20)15(11)14(10)8-13/h2-3,6-8,12H,4-5,9H2,1H3,(H3,17,18,20). The Balaban J connectivity index is 2.06. The van der Waals surface area contributed by atoms with E-state index < -0.39 is 0 Å². The number of nitrogens with one attached hydrogen (secondary N) is 1. The van der Waals surface area contributed by atoms with E-state index >= 15 is 0 Å². The number of aryl methyl sites for hydroxylation is 1. The van der Waals surface area contributed by atoms with Crippen LogP contribution in [0.3, 0.4) is 0 Å². The van der Waals surface area contributed by atoms with Crippen LogP contribution in [-0.4, -0.2) is 18.8 Å². The summed E-state index contributed by atoms with van der Waals surface area (Å²) in [5.74, 6) is 1.36. The first-order valence-corrected chi connectivity index (χ1v) is 7.22. The topological polar surface area (TPSA) is 47.3 Å². The molecule has 1 aliphatic carbocycles. The second kappa shape index (κ2) is 5.29. The van der Waals surface area contributed by atoms with Gasteiger partial charge in [0, 0.05) is 12.5 Å². The monoisotopic (exact) mass is 286 g/mol. The third-order valence-electron chi connectivity index (χ3n) is 4.05. The zero-order valence-electron chi connectivity index (χ0n) is 11.5. The van der Waals surface area contributed by atoms with Crippen LogP contribution in [0.4, 0.5) is 0 Å². The number of benzene rings is 2. The van der Waals surface area contributed by atoms with Gasteiger partial charge in [-0.05, 0) is 59.1 Å². The van der Waals surface area contributed by atoms with Gasteiger partial charge in [0.15, 0.2) is 5.11 Å². The summed E-state index contributed by atoms with van der Waals surface area (Å²) in [6, 6.07) is 10.7. The molecule has 0 saturated carbocycles. The van der Waals surface area contributed by atoms with Crippen LogP contribution in [0, 0.1) is 0 Å². The summed E-state index contributed by atoms with van der Waals surface area (Å²) >= 11 is 4.91. The molecule has 0 aromatic heterocycles.